The van der Waals surface area contributed by atoms with Crippen molar-refractivity contribution in [2.45, 2.75) is 0 Å². The number of carbonyl (C=O) groups is 1. The second-order valence-corrected chi connectivity index (χ2v) is 4.05. The summed E-state index contributed by atoms with van der Waals surface area (Å²) in [6.07, 6.45) is 2.39. The molecule has 0 atom stereocenters. The van der Waals surface area contributed by atoms with Gasteiger partial charge in [-0.3, -0.25) is 4.79 Å². The Balaban J connectivity index is 2.01. The maximum Gasteiger partial charge on any atom is 0.228 e. The van der Waals surface area contributed by atoms with E-state index in [1.165, 1.54) is 0 Å². The van der Waals surface area contributed by atoms with Gasteiger partial charge in [0.1, 0.15) is 5.75 Å². The summed E-state index contributed by atoms with van der Waals surface area (Å²) < 4.78 is 5.04. The number of aromatic nitrogens is 4. The molecule has 3 rings (SSSR count). The summed E-state index contributed by atoms with van der Waals surface area (Å²) in [6, 6.07) is 6.74. The number of anilines is 1. The zero-order chi connectivity index (χ0) is 14.1. The minimum absolute atomic E-state index is 0.158. The largest absolute Gasteiger partial charge is 0.497 e. The smallest absolute Gasteiger partial charge is 0.228 e. The highest BCUT2D eigenvalue weighted by Gasteiger charge is 2.16. The fraction of sp³-hybridized carbons (Fsp3) is 0.0769. The number of nitrogens with zero attached hydrogens (tertiary/aromatic N) is 3. The maximum absolute atomic E-state index is 12.3. The molecule has 0 saturated carbocycles. The van der Waals surface area contributed by atoms with Crippen molar-refractivity contribution in [2.75, 3.05) is 12.8 Å². The summed E-state index contributed by atoms with van der Waals surface area (Å²) in [7, 11) is 1.56. The van der Waals surface area contributed by atoms with Crippen LogP contribution in [0.15, 0.2) is 24.3 Å². The number of aromatic amines is 1. The van der Waals surface area contributed by atoms with Crippen molar-refractivity contribution in [3.05, 3.63) is 42.0 Å². The van der Waals surface area contributed by atoms with Crippen LogP contribution in [0.2, 0.25) is 0 Å². The Labute approximate surface area is 113 Å². The number of rotatable bonds is 3. The molecule has 7 heteroatoms. The molecule has 2 heterocycles. The van der Waals surface area contributed by atoms with Gasteiger partial charge in [0, 0.05) is 5.56 Å². The number of ether oxygens (including phenoxy) is 1. The number of ketones is 1. The van der Waals surface area contributed by atoms with Gasteiger partial charge in [-0.1, -0.05) is 0 Å². The second-order valence-electron chi connectivity index (χ2n) is 4.05. The van der Waals surface area contributed by atoms with Gasteiger partial charge in [-0.05, 0) is 24.3 Å². The lowest BCUT2D eigenvalue weighted by Gasteiger charge is -2.00. The summed E-state index contributed by atoms with van der Waals surface area (Å²) in [6.45, 7) is 0. The first-order valence-corrected chi connectivity index (χ1v) is 5.77. The maximum atomic E-state index is 12.3. The number of imidazole rings is 1. The molecule has 20 heavy (non-hydrogen) atoms. The molecule has 0 aliphatic carbocycles. The van der Waals surface area contributed by atoms with Gasteiger partial charge in [0.2, 0.25) is 12.1 Å². The second kappa shape index (κ2) is 4.61. The molecule has 0 aliphatic heterocycles. The quantitative estimate of drug-likeness (QED) is 0.685. The minimum Gasteiger partial charge on any atom is -0.497 e. The third-order valence-corrected chi connectivity index (χ3v) is 2.83. The average Bonchev–Trinajstić information content (AvgIpc) is 2.92. The van der Waals surface area contributed by atoms with Crippen LogP contribution in [0.5, 0.6) is 5.75 Å². The van der Waals surface area contributed by atoms with Crippen LogP contribution in [0.25, 0.3) is 11.2 Å². The summed E-state index contributed by atoms with van der Waals surface area (Å²) >= 11 is 0. The van der Waals surface area contributed by atoms with E-state index >= 15 is 0 Å². The first-order chi connectivity index (χ1) is 9.69. The Bertz CT molecular complexity index is 779. The highest BCUT2D eigenvalue weighted by atomic mass is 16.5. The van der Waals surface area contributed by atoms with Crippen molar-refractivity contribution in [1.82, 2.24) is 19.9 Å². The molecule has 7 nitrogen and oxygen atoms in total. The minimum atomic E-state index is -0.259. The lowest BCUT2D eigenvalue weighted by atomic mass is 10.1. The zero-order valence-electron chi connectivity index (χ0n) is 10.5. The molecule has 99 valence electrons. The number of carbonyl (C=O) groups excluding carboxylic acids is 1. The average molecular weight is 268 g/mol. The molecule has 0 fully saturated rings. The van der Waals surface area contributed by atoms with Gasteiger partial charge in [0.05, 0.1) is 7.11 Å². The van der Waals surface area contributed by atoms with Crippen LogP contribution in [-0.4, -0.2) is 32.8 Å². The number of hydrogen-bond acceptors (Lipinski definition) is 6. The number of nitrogen functional groups attached to an aromatic ring is 1. The van der Waals surface area contributed by atoms with Gasteiger partial charge in [0.15, 0.2) is 22.8 Å². The van der Waals surface area contributed by atoms with Crippen LogP contribution in [0.4, 0.5) is 5.82 Å². The number of benzene rings is 1. The number of nitrogens with two attached hydrogens (primary N) is 1. The van der Waals surface area contributed by atoms with Gasteiger partial charge in [-0.15, -0.1) is 0 Å². The Hall–Kier alpha value is -2.96. The number of nitrogens with one attached hydrogen (secondary N) is 1. The van der Waals surface area contributed by atoms with Crippen molar-refractivity contribution in [3.63, 3.8) is 0 Å². The van der Waals surface area contributed by atoms with Crippen LogP contribution in [-0.2, 0) is 0 Å². The predicted molar refractivity (Wildman–Crippen MR) is 71.4 cm³/mol. The Morgan fingerprint density at radius 2 is 2.05 bits per heavy atom. The molecular weight excluding hydrogens is 258 g/mol. The van der Waals surface area contributed by atoms with Crippen LogP contribution < -0.4 is 10.5 Å². The molecule has 1 radical (unpaired) electrons. The molecule has 0 spiro atoms. The van der Waals surface area contributed by atoms with Crippen molar-refractivity contribution in [2.24, 2.45) is 0 Å². The van der Waals surface area contributed by atoms with E-state index in [-0.39, 0.29) is 17.4 Å². The Morgan fingerprint density at radius 3 is 2.70 bits per heavy atom. The normalized spacial score (nSPS) is 10.7. The molecule has 1 aromatic carbocycles. The van der Waals surface area contributed by atoms with E-state index < -0.39 is 0 Å². The molecule has 3 aromatic rings. The summed E-state index contributed by atoms with van der Waals surface area (Å²) in [5, 5.41) is 0. The highest BCUT2D eigenvalue weighted by molar-refractivity contribution is 6.08. The first kappa shape index (κ1) is 12.1. The lowest BCUT2D eigenvalue weighted by Crippen LogP contribution is -2.03. The van der Waals surface area contributed by atoms with E-state index in [1.807, 2.05) is 0 Å². The van der Waals surface area contributed by atoms with E-state index in [1.54, 1.807) is 31.4 Å². The van der Waals surface area contributed by atoms with Gasteiger partial charge in [-0.2, -0.15) is 0 Å². The van der Waals surface area contributed by atoms with E-state index in [4.69, 9.17) is 10.5 Å². The number of methoxy groups -OCH3 is 1. The van der Waals surface area contributed by atoms with E-state index in [0.717, 1.165) is 0 Å². The molecule has 2 aromatic heterocycles. The molecule has 3 N–H and O–H groups in total. The predicted octanol–water partition coefficient (Wildman–Crippen LogP) is 0.975. The van der Waals surface area contributed by atoms with E-state index in [2.05, 4.69) is 26.3 Å². The molecule has 0 bridgehead atoms. The van der Waals surface area contributed by atoms with Crippen molar-refractivity contribution >= 4 is 22.8 Å². The lowest BCUT2D eigenvalue weighted by molar-refractivity contribution is 0.103. The topological polar surface area (TPSA) is 107 Å². The fourth-order valence-corrected chi connectivity index (χ4v) is 1.79. The number of fused-ring (bicyclic) bond motifs is 1. The Morgan fingerprint density at radius 1 is 1.30 bits per heavy atom. The van der Waals surface area contributed by atoms with Crippen LogP contribution in [0, 0.1) is 6.33 Å². The third kappa shape index (κ3) is 1.95. The Kier molecular flexibility index (Phi) is 2.79. The number of H-pyrrole nitrogens is 1. The summed E-state index contributed by atoms with van der Waals surface area (Å²) in [5.41, 5.74) is 6.89. The molecule has 0 aliphatic rings. The monoisotopic (exact) mass is 268 g/mol. The van der Waals surface area contributed by atoms with Gasteiger partial charge in [0.25, 0.3) is 0 Å². The van der Waals surface area contributed by atoms with Crippen LogP contribution >= 0.6 is 0 Å². The van der Waals surface area contributed by atoms with Crippen molar-refractivity contribution in [1.29, 1.82) is 0 Å². The molecule has 0 unspecified atom stereocenters. The third-order valence-electron chi connectivity index (χ3n) is 2.83. The summed E-state index contributed by atoms with van der Waals surface area (Å²) in [4.78, 5) is 26.8. The fourth-order valence-electron chi connectivity index (χ4n) is 1.79. The molecular formula is C13H10N5O2. The van der Waals surface area contributed by atoms with Gasteiger partial charge >= 0.3 is 0 Å². The first-order valence-electron chi connectivity index (χ1n) is 5.77. The zero-order valence-corrected chi connectivity index (χ0v) is 10.5. The van der Waals surface area contributed by atoms with E-state index in [9.17, 15) is 4.79 Å². The van der Waals surface area contributed by atoms with Crippen LogP contribution in [0.3, 0.4) is 0 Å². The van der Waals surface area contributed by atoms with Gasteiger partial charge < -0.3 is 15.5 Å². The van der Waals surface area contributed by atoms with Crippen molar-refractivity contribution in [3.8, 4) is 5.75 Å². The molecule has 0 amide bonds. The molecule has 0 saturated heterocycles. The highest BCUT2D eigenvalue weighted by Crippen LogP contribution is 2.17. The van der Waals surface area contributed by atoms with Gasteiger partial charge in [-0.25, -0.2) is 15.0 Å². The summed E-state index contributed by atoms with van der Waals surface area (Å²) in [5.74, 6) is 0.756. The SMILES string of the molecule is COc1ccc(C(=O)c2nc3c(N)n[c]nc3[nH]2)cc1. The van der Waals surface area contributed by atoms with Crippen molar-refractivity contribution < 1.29 is 9.53 Å². The van der Waals surface area contributed by atoms with E-state index in [0.29, 0.717) is 22.5 Å². The van der Waals surface area contributed by atoms with Crippen LogP contribution in [0.1, 0.15) is 16.2 Å². The standard InChI is InChI=1S/C13H10N5O2/c1-20-8-4-2-7(3-5-8)10(19)13-17-9-11(14)15-6-16-12(9)18-13/h2-5H,1H3,(H3,14,15,16,17,18). The number of hydrogen-bond donors (Lipinski definition) is 2.